The Balaban J connectivity index is 1.44. The van der Waals surface area contributed by atoms with E-state index in [0.29, 0.717) is 28.3 Å². The zero-order valence-electron chi connectivity index (χ0n) is 27.2. The van der Waals surface area contributed by atoms with Gasteiger partial charge in [0, 0.05) is 12.4 Å². The highest BCUT2D eigenvalue weighted by Gasteiger charge is 2.65. The van der Waals surface area contributed by atoms with Crippen LogP contribution in [0.3, 0.4) is 0 Å². The lowest BCUT2D eigenvalue weighted by Gasteiger charge is -2.30. The zero-order chi connectivity index (χ0) is 34.4. The second kappa shape index (κ2) is 12.9. The number of aliphatic hydroxyl groups excluding tert-OH is 1. The Hall–Kier alpha value is -3.33. The first-order valence-corrected chi connectivity index (χ1v) is 17.6. The third kappa shape index (κ3) is 7.25. The summed E-state index contributed by atoms with van der Waals surface area (Å²) >= 11 is 5.81. The van der Waals surface area contributed by atoms with Gasteiger partial charge in [-0.3, -0.25) is 9.36 Å². The van der Waals surface area contributed by atoms with Crippen LogP contribution in [0.1, 0.15) is 46.7 Å². The van der Waals surface area contributed by atoms with E-state index in [1.165, 1.54) is 17.8 Å². The molecule has 0 unspecified atom stereocenters. The van der Waals surface area contributed by atoms with Crippen LogP contribution in [-0.2, 0) is 30.6 Å². The largest absolute Gasteiger partial charge is 0.464 e. The van der Waals surface area contributed by atoms with Crippen molar-refractivity contribution < 1.29 is 37.2 Å². The number of ether oxygens (including phenoxy) is 2. The molecule has 0 saturated carbocycles. The molecule has 3 heterocycles. The number of esters is 1. The SMILES string of the molecule is CNc1nc(C)nc2c1ncn2[C@@H]1O[C@](F)(CO[P@](=S)(N[C@H](C)C(=O)OCC(C)(C)C)Oc2cccc3ccccc23)[C@@H](O)[C@@]1(C)F. The van der Waals surface area contributed by atoms with Gasteiger partial charge < -0.3 is 28.9 Å². The van der Waals surface area contributed by atoms with Gasteiger partial charge in [-0.1, -0.05) is 57.2 Å². The van der Waals surface area contributed by atoms with Crippen molar-refractivity contribution in [3.8, 4) is 5.75 Å². The van der Waals surface area contributed by atoms with Gasteiger partial charge in [0.05, 0.1) is 12.9 Å². The van der Waals surface area contributed by atoms with Gasteiger partial charge in [-0.25, -0.2) is 28.8 Å². The number of carbonyl (C=O) groups is 1. The van der Waals surface area contributed by atoms with Crippen LogP contribution >= 0.6 is 6.64 Å². The number of aliphatic hydroxyl groups is 1. The molecular formula is C31H39F2N6O6PS. The van der Waals surface area contributed by atoms with Crippen molar-refractivity contribution in [2.45, 2.75) is 71.4 Å². The maximum Gasteiger partial charge on any atom is 0.323 e. The number of fused-ring (bicyclic) bond motifs is 2. The molecule has 0 bridgehead atoms. The number of aromatic nitrogens is 4. The number of imidazole rings is 1. The second-order valence-corrected chi connectivity index (χ2v) is 16.0. The fraction of sp³-hybridized carbons (Fsp3) is 0.484. The monoisotopic (exact) mass is 692 g/mol. The number of benzene rings is 2. The van der Waals surface area contributed by atoms with Crippen LogP contribution in [0.25, 0.3) is 21.9 Å². The Morgan fingerprint density at radius 3 is 2.62 bits per heavy atom. The lowest BCUT2D eigenvalue weighted by Crippen LogP contribution is -2.47. The smallest absolute Gasteiger partial charge is 0.323 e. The maximum absolute atomic E-state index is 16.6. The Kier molecular flexibility index (Phi) is 9.63. The first kappa shape index (κ1) is 35.0. The number of carbonyl (C=O) groups excluding carboxylic acids is 1. The first-order valence-electron chi connectivity index (χ1n) is 15.0. The van der Waals surface area contributed by atoms with Crippen molar-refractivity contribution >= 4 is 52.2 Å². The van der Waals surface area contributed by atoms with E-state index < -0.39 is 49.1 Å². The van der Waals surface area contributed by atoms with Gasteiger partial charge in [-0.15, -0.1) is 0 Å². The van der Waals surface area contributed by atoms with Gasteiger partial charge in [0.25, 0.3) is 5.85 Å². The molecule has 6 atom stereocenters. The number of hydrogen-bond donors (Lipinski definition) is 3. The van der Waals surface area contributed by atoms with E-state index in [-0.39, 0.29) is 17.7 Å². The van der Waals surface area contributed by atoms with Crippen LogP contribution in [0.2, 0.25) is 0 Å². The molecule has 47 heavy (non-hydrogen) atoms. The normalized spacial score (nSPS) is 25.1. The molecule has 0 amide bonds. The molecule has 16 heteroatoms. The first-order chi connectivity index (χ1) is 22.0. The second-order valence-electron chi connectivity index (χ2n) is 12.9. The molecule has 12 nitrogen and oxygen atoms in total. The highest BCUT2D eigenvalue weighted by Crippen LogP contribution is 2.53. The summed E-state index contributed by atoms with van der Waals surface area (Å²) in [7, 11) is 1.64. The number of nitrogens with zero attached hydrogens (tertiary/aromatic N) is 4. The highest BCUT2D eigenvalue weighted by atomic mass is 32.5. The molecular weight excluding hydrogens is 653 g/mol. The molecule has 1 fully saturated rings. The van der Waals surface area contributed by atoms with E-state index >= 15 is 8.78 Å². The summed E-state index contributed by atoms with van der Waals surface area (Å²) in [5.41, 5.74) is -2.50. The number of anilines is 1. The van der Waals surface area contributed by atoms with Gasteiger partial charge in [0.2, 0.25) is 0 Å². The third-order valence-electron chi connectivity index (χ3n) is 7.51. The number of halogens is 2. The molecule has 5 rings (SSSR count). The van der Waals surface area contributed by atoms with Crippen molar-refractivity contribution in [1.29, 1.82) is 0 Å². The molecule has 0 radical (unpaired) electrons. The maximum atomic E-state index is 16.6. The van der Waals surface area contributed by atoms with Crippen molar-refractivity contribution in [1.82, 2.24) is 24.6 Å². The van der Waals surface area contributed by atoms with E-state index in [1.54, 1.807) is 26.1 Å². The summed E-state index contributed by atoms with van der Waals surface area (Å²) in [6.07, 6.45) is -2.80. The minimum Gasteiger partial charge on any atom is -0.464 e. The average molecular weight is 693 g/mol. The number of aryl methyl sites for hydroxylation is 1. The molecule has 1 saturated heterocycles. The van der Waals surface area contributed by atoms with Crippen LogP contribution in [-0.4, -0.2) is 74.5 Å². The molecule has 4 aromatic rings. The topological polar surface area (TPSA) is 142 Å². The van der Waals surface area contributed by atoms with Gasteiger partial charge in [0.1, 0.15) is 24.2 Å². The van der Waals surface area contributed by atoms with Gasteiger partial charge in [-0.05, 0) is 49.4 Å². The molecule has 2 aromatic heterocycles. The van der Waals surface area contributed by atoms with Gasteiger partial charge in [-0.2, -0.15) is 0 Å². The van der Waals surface area contributed by atoms with Crippen molar-refractivity contribution in [3.05, 3.63) is 54.6 Å². The van der Waals surface area contributed by atoms with Crippen LogP contribution in [0, 0.1) is 12.3 Å². The van der Waals surface area contributed by atoms with E-state index in [0.717, 1.165) is 12.3 Å². The zero-order valence-corrected chi connectivity index (χ0v) is 28.9. The minimum absolute atomic E-state index is 0.138. The fourth-order valence-corrected chi connectivity index (χ4v) is 7.50. The van der Waals surface area contributed by atoms with E-state index in [4.69, 9.17) is 30.3 Å². The third-order valence-corrected chi connectivity index (χ3v) is 9.97. The van der Waals surface area contributed by atoms with Crippen molar-refractivity contribution in [3.63, 3.8) is 0 Å². The number of alkyl halides is 2. The van der Waals surface area contributed by atoms with Crippen LogP contribution < -0.4 is 14.9 Å². The predicted molar refractivity (Wildman–Crippen MR) is 177 cm³/mol. The van der Waals surface area contributed by atoms with Crippen molar-refractivity contribution in [2.75, 3.05) is 25.6 Å². The Morgan fingerprint density at radius 1 is 1.21 bits per heavy atom. The summed E-state index contributed by atoms with van der Waals surface area (Å²) in [4.78, 5) is 25.8. The molecule has 3 N–H and O–H groups in total. The standard InChI is InChI=1S/C31H39F2N6O6PS/c1-18(26(40)42-15-29(3,4)5)38-46(47,45-22-14-10-12-20-11-8-9-13-21(20)22)43-16-31(33)27(41)30(6,32)28(44-31)39-17-35-23-24(34-7)36-19(2)37-25(23)39/h8-14,17-18,27-28,41H,15-16H2,1-7H3,(H,38,47)(H,34,36,37)/t18-,27+,28-,30-,31-,46-/m1/s1. The number of nitrogens with one attached hydrogen (secondary N) is 2. The molecule has 254 valence electrons. The van der Waals surface area contributed by atoms with Gasteiger partial charge in [0.15, 0.2) is 35.0 Å². The summed E-state index contributed by atoms with van der Waals surface area (Å²) in [6, 6.07) is 11.6. The Morgan fingerprint density at radius 2 is 1.91 bits per heavy atom. The lowest BCUT2D eigenvalue weighted by atomic mass is 9.97. The van der Waals surface area contributed by atoms with Crippen LogP contribution in [0.4, 0.5) is 14.6 Å². The van der Waals surface area contributed by atoms with Crippen LogP contribution in [0.15, 0.2) is 48.8 Å². The average Bonchev–Trinajstić information content (AvgIpc) is 3.50. The molecule has 1 aliphatic rings. The van der Waals surface area contributed by atoms with Gasteiger partial charge >= 0.3 is 12.6 Å². The summed E-state index contributed by atoms with van der Waals surface area (Å²) < 4.78 is 57.3. The summed E-state index contributed by atoms with van der Waals surface area (Å²) in [5, 5.41) is 18.3. The number of hydrogen-bond acceptors (Lipinski definition) is 11. The minimum atomic E-state index is -3.84. The lowest BCUT2D eigenvalue weighted by molar-refractivity contribution is -0.202. The van der Waals surface area contributed by atoms with E-state index in [2.05, 4.69) is 25.4 Å². The Bertz CT molecular complexity index is 1830. The Labute approximate surface area is 276 Å². The molecule has 0 spiro atoms. The molecule has 0 aliphatic carbocycles. The summed E-state index contributed by atoms with van der Waals surface area (Å²) in [6.45, 7) is 5.14. The summed E-state index contributed by atoms with van der Waals surface area (Å²) in [5.74, 6) is -2.70. The van der Waals surface area contributed by atoms with E-state index in [1.807, 2.05) is 51.1 Å². The molecule has 2 aromatic carbocycles. The highest BCUT2D eigenvalue weighted by molar-refractivity contribution is 8.09. The quantitative estimate of drug-likeness (QED) is 0.135. The van der Waals surface area contributed by atoms with Crippen LogP contribution in [0.5, 0.6) is 5.75 Å². The van der Waals surface area contributed by atoms with Crippen molar-refractivity contribution in [2.24, 2.45) is 5.41 Å². The van der Waals surface area contributed by atoms with E-state index in [9.17, 15) is 9.90 Å². The number of rotatable bonds is 11. The predicted octanol–water partition coefficient (Wildman–Crippen LogP) is 5.50. The molecule has 1 aliphatic heterocycles. The fourth-order valence-electron chi connectivity index (χ4n) is 5.10.